The van der Waals surface area contributed by atoms with Gasteiger partial charge >= 0.3 is 23.5 Å². The highest BCUT2D eigenvalue weighted by atomic mass is 19.4. The molecule has 0 unspecified atom stereocenters. The Hall–Kier alpha value is -3.71. The number of aromatic nitrogens is 2. The van der Waals surface area contributed by atoms with Crippen molar-refractivity contribution >= 4 is 11.7 Å². The van der Waals surface area contributed by atoms with Gasteiger partial charge in [0.2, 0.25) is 5.75 Å². The minimum absolute atomic E-state index is 0.0143. The lowest BCUT2D eigenvalue weighted by Crippen LogP contribution is -2.41. The van der Waals surface area contributed by atoms with Gasteiger partial charge in [-0.2, -0.15) is 13.2 Å². The molecule has 0 saturated carbocycles. The number of alkyl halides is 3. The van der Waals surface area contributed by atoms with E-state index in [4.69, 9.17) is 9.47 Å². The number of halogens is 4. The Balaban J connectivity index is 2.50. The van der Waals surface area contributed by atoms with Crippen LogP contribution in [-0.4, -0.2) is 33.2 Å². The van der Waals surface area contributed by atoms with E-state index in [-0.39, 0.29) is 21.8 Å². The SMILES string of the molecule is CCCCOC(=O)COc1cc(F)c(-n2c(=O)cc(C(F)(F)F)n(C)c2=O)cc1[N+](=O)[O-]. The first-order valence-electron chi connectivity index (χ1n) is 9.05. The molecule has 0 aliphatic rings. The average molecular weight is 463 g/mol. The molecule has 2 rings (SSSR count). The molecule has 0 aliphatic heterocycles. The van der Waals surface area contributed by atoms with Gasteiger partial charge in [0.15, 0.2) is 12.4 Å². The van der Waals surface area contributed by atoms with Gasteiger partial charge in [-0.3, -0.25) is 19.5 Å². The Kier molecular flexibility index (Phi) is 7.38. The van der Waals surface area contributed by atoms with Crippen molar-refractivity contribution in [2.24, 2.45) is 7.05 Å². The summed E-state index contributed by atoms with van der Waals surface area (Å²) in [5.41, 5.74) is -6.61. The van der Waals surface area contributed by atoms with E-state index in [1.807, 2.05) is 6.92 Å². The van der Waals surface area contributed by atoms with Gasteiger partial charge in [0, 0.05) is 25.2 Å². The van der Waals surface area contributed by atoms with Crippen molar-refractivity contribution in [1.29, 1.82) is 0 Å². The molecule has 1 heterocycles. The molecule has 0 atom stereocenters. The molecule has 0 fully saturated rings. The number of ether oxygens (including phenoxy) is 2. The highest BCUT2D eigenvalue weighted by Gasteiger charge is 2.35. The number of nitrogens with zero attached hydrogens (tertiary/aromatic N) is 3. The van der Waals surface area contributed by atoms with Crippen LogP contribution >= 0.6 is 0 Å². The zero-order valence-electron chi connectivity index (χ0n) is 16.8. The van der Waals surface area contributed by atoms with E-state index in [9.17, 15) is 42.1 Å². The summed E-state index contributed by atoms with van der Waals surface area (Å²) in [4.78, 5) is 46.4. The van der Waals surface area contributed by atoms with Crippen LogP contribution in [0.3, 0.4) is 0 Å². The summed E-state index contributed by atoms with van der Waals surface area (Å²) >= 11 is 0. The van der Waals surface area contributed by atoms with Crippen molar-refractivity contribution in [1.82, 2.24) is 9.13 Å². The molecule has 32 heavy (non-hydrogen) atoms. The smallest absolute Gasteiger partial charge is 0.431 e. The van der Waals surface area contributed by atoms with E-state index >= 15 is 0 Å². The lowest BCUT2D eigenvalue weighted by atomic mass is 10.2. The number of rotatable bonds is 8. The summed E-state index contributed by atoms with van der Waals surface area (Å²) in [5, 5.41) is 11.4. The Bertz CT molecular complexity index is 1150. The van der Waals surface area contributed by atoms with Gasteiger partial charge in [0.05, 0.1) is 17.2 Å². The van der Waals surface area contributed by atoms with Crippen molar-refractivity contribution in [2.75, 3.05) is 13.2 Å². The number of carbonyl (C=O) groups excluding carboxylic acids is 1. The molecule has 0 N–H and O–H groups in total. The van der Waals surface area contributed by atoms with Crippen LogP contribution in [0.5, 0.6) is 5.75 Å². The second-order valence-electron chi connectivity index (χ2n) is 6.43. The van der Waals surface area contributed by atoms with Crippen molar-refractivity contribution in [3.8, 4) is 11.4 Å². The normalized spacial score (nSPS) is 11.3. The van der Waals surface area contributed by atoms with Crippen molar-refractivity contribution in [3.63, 3.8) is 0 Å². The summed E-state index contributed by atoms with van der Waals surface area (Å²) in [6.45, 7) is 1.16. The standard InChI is InChI=1S/C18H17F4N3O7/c1-3-4-5-31-16(27)9-32-13-6-10(19)11(7-12(13)25(29)30)24-15(26)8-14(18(20,21)22)23(2)17(24)28/h6-8H,3-5,9H2,1-2H3. The Morgan fingerprint density at radius 3 is 2.44 bits per heavy atom. The fraction of sp³-hybridized carbons (Fsp3) is 0.389. The van der Waals surface area contributed by atoms with Gasteiger partial charge in [0.1, 0.15) is 5.69 Å². The van der Waals surface area contributed by atoms with E-state index in [0.717, 1.165) is 6.42 Å². The Morgan fingerprint density at radius 1 is 1.22 bits per heavy atom. The molecule has 2 aromatic rings. The van der Waals surface area contributed by atoms with Crippen LogP contribution in [-0.2, 0) is 22.8 Å². The van der Waals surface area contributed by atoms with E-state index < -0.39 is 63.6 Å². The van der Waals surface area contributed by atoms with Gasteiger partial charge in [-0.15, -0.1) is 0 Å². The number of carbonyl (C=O) groups is 1. The predicted octanol–water partition coefficient (Wildman–Crippen LogP) is 2.32. The average Bonchev–Trinajstić information content (AvgIpc) is 2.69. The summed E-state index contributed by atoms with van der Waals surface area (Å²) in [7, 11) is 0.703. The number of esters is 1. The molecule has 14 heteroatoms. The fourth-order valence-corrected chi connectivity index (χ4v) is 2.59. The van der Waals surface area contributed by atoms with Crippen LogP contribution in [0, 0.1) is 15.9 Å². The summed E-state index contributed by atoms with van der Waals surface area (Å²) < 4.78 is 63.3. The molecule has 0 spiro atoms. The van der Waals surface area contributed by atoms with E-state index in [1.165, 1.54) is 0 Å². The first-order valence-corrected chi connectivity index (χ1v) is 9.05. The monoisotopic (exact) mass is 463 g/mol. The number of nitro benzene ring substituents is 1. The molecule has 0 bridgehead atoms. The van der Waals surface area contributed by atoms with Crippen molar-refractivity contribution in [3.05, 3.63) is 60.7 Å². The van der Waals surface area contributed by atoms with Gasteiger partial charge in [-0.1, -0.05) is 13.3 Å². The minimum Gasteiger partial charge on any atom is -0.475 e. The second kappa shape index (κ2) is 9.62. The molecule has 1 aromatic heterocycles. The molecular weight excluding hydrogens is 446 g/mol. The number of hydrogen-bond donors (Lipinski definition) is 0. The second-order valence-corrected chi connectivity index (χ2v) is 6.43. The summed E-state index contributed by atoms with van der Waals surface area (Å²) in [6.07, 6.45) is -3.72. The zero-order valence-corrected chi connectivity index (χ0v) is 16.8. The van der Waals surface area contributed by atoms with Crippen molar-refractivity contribution < 1.29 is 36.8 Å². The summed E-state index contributed by atoms with van der Waals surface area (Å²) in [5.74, 6) is -2.96. The predicted molar refractivity (Wildman–Crippen MR) is 100 cm³/mol. The van der Waals surface area contributed by atoms with Crippen LogP contribution in [0.1, 0.15) is 25.5 Å². The number of nitro groups is 1. The first kappa shape index (κ1) is 24.6. The van der Waals surface area contributed by atoms with Crippen LogP contribution in [0.25, 0.3) is 5.69 Å². The summed E-state index contributed by atoms with van der Waals surface area (Å²) in [6, 6.07) is 0.947. The zero-order chi connectivity index (χ0) is 24.2. The van der Waals surface area contributed by atoms with E-state index in [0.29, 0.717) is 25.6 Å². The molecule has 0 aliphatic carbocycles. The molecule has 0 radical (unpaired) electrons. The Labute approximate surface area is 176 Å². The van der Waals surface area contributed by atoms with Gasteiger partial charge in [-0.25, -0.2) is 18.5 Å². The van der Waals surface area contributed by atoms with Gasteiger partial charge in [0.25, 0.3) is 5.56 Å². The van der Waals surface area contributed by atoms with Gasteiger partial charge < -0.3 is 9.47 Å². The Morgan fingerprint density at radius 2 is 1.88 bits per heavy atom. The van der Waals surface area contributed by atoms with Crippen LogP contribution in [0.2, 0.25) is 0 Å². The maximum absolute atomic E-state index is 14.6. The maximum Gasteiger partial charge on any atom is 0.431 e. The topological polar surface area (TPSA) is 123 Å². The van der Waals surface area contributed by atoms with Crippen LogP contribution < -0.4 is 16.0 Å². The molecular formula is C18H17F4N3O7. The van der Waals surface area contributed by atoms with Crippen LogP contribution in [0.4, 0.5) is 23.2 Å². The fourth-order valence-electron chi connectivity index (χ4n) is 2.59. The third-order valence-electron chi connectivity index (χ3n) is 4.18. The number of benzene rings is 1. The highest BCUT2D eigenvalue weighted by Crippen LogP contribution is 2.32. The molecule has 10 nitrogen and oxygen atoms in total. The van der Waals surface area contributed by atoms with Gasteiger partial charge in [-0.05, 0) is 6.42 Å². The van der Waals surface area contributed by atoms with E-state index in [2.05, 4.69) is 0 Å². The number of hydrogen-bond acceptors (Lipinski definition) is 7. The third kappa shape index (κ3) is 5.31. The number of unbranched alkanes of at least 4 members (excludes halogenated alkanes) is 1. The van der Waals surface area contributed by atoms with Crippen LogP contribution in [0.15, 0.2) is 27.8 Å². The first-order chi connectivity index (χ1) is 14.9. The lowest BCUT2D eigenvalue weighted by molar-refractivity contribution is -0.385. The molecule has 0 amide bonds. The quantitative estimate of drug-likeness (QED) is 0.194. The maximum atomic E-state index is 14.6. The minimum atomic E-state index is -5.04. The largest absolute Gasteiger partial charge is 0.475 e. The lowest BCUT2D eigenvalue weighted by Gasteiger charge is -2.15. The molecule has 0 saturated heterocycles. The molecule has 1 aromatic carbocycles. The van der Waals surface area contributed by atoms with E-state index in [1.54, 1.807) is 0 Å². The highest BCUT2D eigenvalue weighted by molar-refractivity contribution is 5.71. The third-order valence-corrected chi connectivity index (χ3v) is 4.18. The van der Waals surface area contributed by atoms with Crippen molar-refractivity contribution in [2.45, 2.75) is 25.9 Å². The molecule has 174 valence electrons.